The Kier molecular flexibility index (Phi) is 4.94. The molecule has 5 nitrogen and oxygen atoms in total. The van der Waals surface area contributed by atoms with Crippen LogP contribution in [0.1, 0.15) is 51.4 Å². The molecule has 0 aliphatic rings. The maximum atomic E-state index is 4.76. The van der Waals surface area contributed by atoms with Gasteiger partial charge in [-0.05, 0) is 20.3 Å². The molecule has 114 valence electrons. The number of nitrogens with one attached hydrogen (secondary N) is 1. The van der Waals surface area contributed by atoms with Gasteiger partial charge in [0.15, 0.2) is 5.82 Å². The van der Waals surface area contributed by atoms with E-state index in [1.54, 1.807) is 0 Å². The van der Waals surface area contributed by atoms with Crippen LogP contribution >= 0.6 is 0 Å². The number of rotatable bonds is 6. The summed E-state index contributed by atoms with van der Waals surface area (Å²) >= 11 is 0. The molecule has 0 aliphatic heterocycles. The molecule has 0 spiro atoms. The van der Waals surface area contributed by atoms with Crippen LogP contribution in [-0.2, 0) is 6.54 Å². The highest BCUT2D eigenvalue weighted by molar-refractivity contribution is 5.63. The first-order valence-electron chi connectivity index (χ1n) is 7.72. The van der Waals surface area contributed by atoms with Crippen LogP contribution in [0.4, 0.5) is 5.82 Å². The molecule has 0 aromatic carbocycles. The molecule has 2 aromatic rings. The lowest BCUT2D eigenvalue weighted by atomic mass is 10.1. The molecule has 1 N–H and O–H groups in total. The molecule has 0 aliphatic carbocycles. The van der Waals surface area contributed by atoms with Crippen LogP contribution in [0.25, 0.3) is 11.5 Å². The van der Waals surface area contributed by atoms with Gasteiger partial charge < -0.3 is 9.88 Å². The highest BCUT2D eigenvalue weighted by Crippen LogP contribution is 2.26. The highest BCUT2D eigenvalue weighted by Gasteiger charge is 2.17. The maximum absolute atomic E-state index is 4.76. The average Bonchev–Trinajstić information content (AvgIpc) is 2.94. The summed E-state index contributed by atoms with van der Waals surface area (Å²) in [5.74, 6) is 2.99. The summed E-state index contributed by atoms with van der Waals surface area (Å²) < 4.78 is 2.11. The second-order valence-electron chi connectivity index (χ2n) is 5.52. The van der Waals surface area contributed by atoms with Gasteiger partial charge in [-0.2, -0.15) is 0 Å². The van der Waals surface area contributed by atoms with Crippen LogP contribution in [0.2, 0.25) is 0 Å². The van der Waals surface area contributed by atoms with Crippen molar-refractivity contribution >= 4 is 5.82 Å². The minimum absolute atomic E-state index is 0.288. The van der Waals surface area contributed by atoms with Crippen molar-refractivity contribution in [3.63, 3.8) is 0 Å². The Labute approximate surface area is 126 Å². The third-order valence-electron chi connectivity index (χ3n) is 3.49. The quantitative estimate of drug-likeness (QED) is 0.881. The van der Waals surface area contributed by atoms with Gasteiger partial charge >= 0.3 is 0 Å². The van der Waals surface area contributed by atoms with Gasteiger partial charge in [-0.1, -0.05) is 20.8 Å². The van der Waals surface area contributed by atoms with E-state index in [1.807, 2.05) is 12.4 Å². The van der Waals surface area contributed by atoms with E-state index in [9.17, 15) is 0 Å². The van der Waals surface area contributed by atoms with Gasteiger partial charge in [-0.15, -0.1) is 0 Å². The SMILES string of the molecule is CCCNc1nc(C(C)C)nc(-c2nccn2CC)c1C. The minimum atomic E-state index is 0.288. The molecule has 2 heterocycles. The normalized spacial score (nSPS) is 11.1. The van der Waals surface area contributed by atoms with Crippen molar-refractivity contribution in [2.45, 2.75) is 53.5 Å². The molecule has 0 amide bonds. The van der Waals surface area contributed by atoms with Gasteiger partial charge in [-0.3, -0.25) is 0 Å². The van der Waals surface area contributed by atoms with Crippen molar-refractivity contribution in [2.24, 2.45) is 0 Å². The lowest BCUT2D eigenvalue weighted by Gasteiger charge is -2.15. The summed E-state index contributed by atoms with van der Waals surface area (Å²) in [4.78, 5) is 13.9. The van der Waals surface area contributed by atoms with Gasteiger partial charge in [0.25, 0.3) is 0 Å². The fourth-order valence-corrected chi connectivity index (χ4v) is 2.21. The monoisotopic (exact) mass is 287 g/mol. The van der Waals surface area contributed by atoms with Crippen molar-refractivity contribution in [1.82, 2.24) is 19.5 Å². The zero-order valence-corrected chi connectivity index (χ0v) is 13.6. The van der Waals surface area contributed by atoms with E-state index < -0.39 is 0 Å². The summed E-state index contributed by atoms with van der Waals surface area (Å²) in [6, 6.07) is 0. The number of aromatic nitrogens is 4. The molecule has 0 radical (unpaired) electrons. The van der Waals surface area contributed by atoms with E-state index in [1.165, 1.54) is 0 Å². The van der Waals surface area contributed by atoms with Gasteiger partial charge in [0.05, 0.1) is 0 Å². The molecular weight excluding hydrogens is 262 g/mol. The Bertz CT molecular complexity index is 601. The summed E-state index contributed by atoms with van der Waals surface area (Å²) in [6.07, 6.45) is 4.89. The molecule has 2 rings (SSSR count). The third kappa shape index (κ3) is 3.23. The molecule has 21 heavy (non-hydrogen) atoms. The van der Waals surface area contributed by atoms with Gasteiger partial charge in [0.1, 0.15) is 17.3 Å². The van der Waals surface area contributed by atoms with E-state index in [0.717, 1.165) is 48.2 Å². The van der Waals surface area contributed by atoms with E-state index >= 15 is 0 Å². The van der Waals surface area contributed by atoms with Crippen LogP contribution < -0.4 is 5.32 Å². The van der Waals surface area contributed by atoms with Crippen molar-refractivity contribution in [3.8, 4) is 11.5 Å². The fourth-order valence-electron chi connectivity index (χ4n) is 2.21. The Morgan fingerprint density at radius 1 is 1.24 bits per heavy atom. The van der Waals surface area contributed by atoms with E-state index in [2.05, 4.69) is 54.5 Å². The highest BCUT2D eigenvalue weighted by atomic mass is 15.1. The van der Waals surface area contributed by atoms with Crippen LogP contribution in [0.3, 0.4) is 0 Å². The Morgan fingerprint density at radius 2 is 2.00 bits per heavy atom. The maximum Gasteiger partial charge on any atom is 0.159 e. The zero-order chi connectivity index (χ0) is 15.4. The minimum Gasteiger partial charge on any atom is -0.370 e. The van der Waals surface area contributed by atoms with E-state index in [0.29, 0.717) is 0 Å². The number of nitrogens with zero attached hydrogens (tertiary/aromatic N) is 4. The predicted molar refractivity (Wildman–Crippen MR) is 86.5 cm³/mol. The van der Waals surface area contributed by atoms with Crippen molar-refractivity contribution in [1.29, 1.82) is 0 Å². The number of imidazole rings is 1. The summed E-state index contributed by atoms with van der Waals surface area (Å²) in [6.45, 7) is 12.4. The standard InChI is InChI=1S/C16H25N5/c1-6-8-17-15-12(5)13(19-14(20-15)11(3)4)16-18-9-10-21(16)7-2/h9-11H,6-8H2,1-5H3,(H,17,19,20). The van der Waals surface area contributed by atoms with Gasteiger partial charge in [0, 0.05) is 37.0 Å². The fraction of sp³-hybridized carbons (Fsp3) is 0.562. The molecular formula is C16H25N5. The summed E-state index contributed by atoms with van der Waals surface area (Å²) in [7, 11) is 0. The average molecular weight is 287 g/mol. The van der Waals surface area contributed by atoms with E-state index in [-0.39, 0.29) is 5.92 Å². The summed E-state index contributed by atoms with van der Waals surface area (Å²) in [5.41, 5.74) is 1.99. The largest absolute Gasteiger partial charge is 0.370 e. The zero-order valence-electron chi connectivity index (χ0n) is 13.6. The van der Waals surface area contributed by atoms with Crippen molar-refractivity contribution in [2.75, 3.05) is 11.9 Å². The second kappa shape index (κ2) is 6.70. The Hall–Kier alpha value is -1.91. The van der Waals surface area contributed by atoms with Crippen molar-refractivity contribution in [3.05, 3.63) is 23.8 Å². The van der Waals surface area contributed by atoms with Gasteiger partial charge in [0.2, 0.25) is 0 Å². The number of hydrogen-bond donors (Lipinski definition) is 1. The van der Waals surface area contributed by atoms with Crippen LogP contribution in [0.5, 0.6) is 0 Å². The Balaban J connectivity index is 2.55. The van der Waals surface area contributed by atoms with Gasteiger partial charge in [-0.25, -0.2) is 15.0 Å². The first kappa shape index (κ1) is 15.5. The van der Waals surface area contributed by atoms with Crippen LogP contribution in [0, 0.1) is 6.92 Å². The van der Waals surface area contributed by atoms with E-state index in [4.69, 9.17) is 4.98 Å². The molecule has 0 saturated heterocycles. The topological polar surface area (TPSA) is 55.6 Å². The molecule has 5 heteroatoms. The predicted octanol–water partition coefficient (Wildman–Crippen LogP) is 3.61. The third-order valence-corrected chi connectivity index (χ3v) is 3.49. The number of anilines is 1. The molecule has 0 bridgehead atoms. The number of aryl methyl sites for hydroxylation is 1. The lowest BCUT2D eigenvalue weighted by Crippen LogP contribution is -2.11. The first-order valence-corrected chi connectivity index (χ1v) is 7.72. The van der Waals surface area contributed by atoms with Crippen molar-refractivity contribution < 1.29 is 0 Å². The molecule has 0 saturated carbocycles. The Morgan fingerprint density at radius 3 is 2.62 bits per heavy atom. The summed E-state index contributed by atoms with van der Waals surface area (Å²) in [5, 5.41) is 3.41. The molecule has 0 atom stereocenters. The lowest BCUT2D eigenvalue weighted by molar-refractivity contribution is 0.749. The first-order chi connectivity index (χ1) is 10.1. The van der Waals surface area contributed by atoms with Crippen LogP contribution in [0.15, 0.2) is 12.4 Å². The molecule has 0 fully saturated rings. The smallest absolute Gasteiger partial charge is 0.159 e. The van der Waals surface area contributed by atoms with Crippen LogP contribution in [-0.4, -0.2) is 26.1 Å². The molecule has 2 aromatic heterocycles. The second-order valence-corrected chi connectivity index (χ2v) is 5.52. The number of hydrogen-bond acceptors (Lipinski definition) is 4. The molecule has 0 unspecified atom stereocenters.